The van der Waals surface area contributed by atoms with Gasteiger partial charge < -0.3 is 9.47 Å². The molecule has 0 aromatic rings. The van der Waals surface area contributed by atoms with Crippen LogP contribution < -0.4 is 0 Å². The van der Waals surface area contributed by atoms with Gasteiger partial charge in [-0.2, -0.15) is 0 Å². The minimum Gasteiger partial charge on any atom is -0.350 e. The van der Waals surface area contributed by atoms with E-state index in [1.54, 1.807) is 0 Å². The van der Waals surface area contributed by atoms with E-state index < -0.39 is 5.79 Å². The summed E-state index contributed by atoms with van der Waals surface area (Å²) in [5, 5.41) is 0. The average Bonchev–Trinajstić information content (AvgIpc) is 2.33. The third kappa shape index (κ3) is 3.79. The van der Waals surface area contributed by atoms with E-state index in [0.717, 1.165) is 38.9 Å². The molecule has 19 heavy (non-hydrogen) atoms. The van der Waals surface area contributed by atoms with E-state index in [1.807, 2.05) is 6.92 Å². The van der Waals surface area contributed by atoms with E-state index in [9.17, 15) is 4.79 Å². The molecule has 0 amide bonds. The van der Waals surface area contributed by atoms with Crippen molar-refractivity contribution in [3.8, 4) is 0 Å². The molecular formula is C16H28O3. The molecule has 0 bridgehead atoms. The number of ether oxygens (including phenoxy) is 2. The fourth-order valence-electron chi connectivity index (χ4n) is 3.09. The first kappa shape index (κ1) is 15.0. The van der Waals surface area contributed by atoms with E-state index in [4.69, 9.17) is 9.47 Å². The molecular weight excluding hydrogens is 240 g/mol. The molecule has 1 aliphatic carbocycles. The van der Waals surface area contributed by atoms with Crippen molar-refractivity contribution in [2.45, 2.75) is 65.6 Å². The lowest BCUT2D eigenvalue weighted by Crippen LogP contribution is -2.46. The lowest BCUT2D eigenvalue weighted by atomic mass is 9.76. The van der Waals surface area contributed by atoms with Gasteiger partial charge in [-0.25, -0.2) is 0 Å². The maximum Gasteiger partial charge on any atom is 0.165 e. The molecule has 2 atom stereocenters. The standard InChI is InChI=1S/C16H28O3/c1-12-6-5-7-14(17)13(12)8-9-16(4)18-10-15(2,3)11-19-16/h12-13H,5-11H2,1-4H3. The Morgan fingerprint density at radius 3 is 2.42 bits per heavy atom. The van der Waals surface area contributed by atoms with Crippen molar-refractivity contribution in [1.29, 1.82) is 0 Å². The Kier molecular flexibility index (Phi) is 4.36. The second kappa shape index (κ2) is 5.53. The molecule has 1 saturated carbocycles. The van der Waals surface area contributed by atoms with E-state index in [0.29, 0.717) is 11.7 Å². The van der Waals surface area contributed by atoms with Gasteiger partial charge in [0.05, 0.1) is 13.2 Å². The van der Waals surface area contributed by atoms with E-state index in [1.165, 1.54) is 6.42 Å². The Morgan fingerprint density at radius 2 is 1.84 bits per heavy atom. The van der Waals surface area contributed by atoms with Gasteiger partial charge in [0.2, 0.25) is 0 Å². The largest absolute Gasteiger partial charge is 0.350 e. The molecule has 2 fully saturated rings. The Hall–Kier alpha value is -0.410. The maximum absolute atomic E-state index is 12.0. The van der Waals surface area contributed by atoms with Gasteiger partial charge in [-0.05, 0) is 32.1 Å². The molecule has 3 nitrogen and oxygen atoms in total. The van der Waals surface area contributed by atoms with Crippen LogP contribution >= 0.6 is 0 Å². The zero-order valence-electron chi connectivity index (χ0n) is 12.8. The summed E-state index contributed by atoms with van der Waals surface area (Å²) < 4.78 is 11.8. The summed E-state index contributed by atoms with van der Waals surface area (Å²) in [6.45, 7) is 9.99. The lowest BCUT2D eigenvalue weighted by molar-refractivity contribution is -0.293. The van der Waals surface area contributed by atoms with Crippen molar-refractivity contribution in [3.05, 3.63) is 0 Å². The Balaban J connectivity index is 1.86. The molecule has 0 radical (unpaired) electrons. The minimum atomic E-state index is -0.493. The molecule has 2 aliphatic rings. The monoisotopic (exact) mass is 268 g/mol. The predicted octanol–water partition coefficient (Wildman–Crippen LogP) is 3.56. The van der Waals surface area contributed by atoms with Gasteiger partial charge in [0.25, 0.3) is 0 Å². The van der Waals surface area contributed by atoms with Crippen LogP contribution in [0.15, 0.2) is 0 Å². The third-order valence-corrected chi connectivity index (χ3v) is 4.63. The van der Waals surface area contributed by atoms with Crippen molar-refractivity contribution < 1.29 is 14.3 Å². The number of carbonyl (C=O) groups excluding carboxylic acids is 1. The van der Waals surface area contributed by atoms with Gasteiger partial charge in [0.15, 0.2) is 5.79 Å². The minimum absolute atomic E-state index is 0.105. The van der Waals surface area contributed by atoms with Crippen molar-refractivity contribution in [1.82, 2.24) is 0 Å². The van der Waals surface area contributed by atoms with Gasteiger partial charge >= 0.3 is 0 Å². The summed E-state index contributed by atoms with van der Waals surface area (Å²) in [5.41, 5.74) is 0.105. The lowest BCUT2D eigenvalue weighted by Gasteiger charge is -2.42. The van der Waals surface area contributed by atoms with Crippen LogP contribution in [0.4, 0.5) is 0 Å². The number of ketones is 1. The summed E-state index contributed by atoms with van der Waals surface area (Å²) in [6, 6.07) is 0. The van der Waals surface area contributed by atoms with Crippen LogP contribution in [0.5, 0.6) is 0 Å². The van der Waals surface area contributed by atoms with Gasteiger partial charge in [0, 0.05) is 24.2 Å². The molecule has 1 aliphatic heterocycles. The smallest absolute Gasteiger partial charge is 0.165 e. The van der Waals surface area contributed by atoms with Crippen molar-refractivity contribution in [2.75, 3.05) is 13.2 Å². The summed E-state index contributed by atoms with van der Waals surface area (Å²) >= 11 is 0. The first-order valence-electron chi connectivity index (χ1n) is 7.62. The predicted molar refractivity (Wildman–Crippen MR) is 74.8 cm³/mol. The van der Waals surface area contributed by atoms with Crippen LogP contribution in [0.1, 0.15) is 59.8 Å². The van der Waals surface area contributed by atoms with Crippen molar-refractivity contribution in [3.63, 3.8) is 0 Å². The second-order valence-corrected chi connectivity index (χ2v) is 7.36. The highest BCUT2D eigenvalue weighted by Gasteiger charge is 2.38. The number of rotatable bonds is 3. The maximum atomic E-state index is 12.0. The fourth-order valence-corrected chi connectivity index (χ4v) is 3.09. The summed E-state index contributed by atoms with van der Waals surface area (Å²) in [6.07, 6.45) is 4.73. The third-order valence-electron chi connectivity index (χ3n) is 4.63. The molecule has 2 rings (SSSR count). The van der Waals surface area contributed by atoms with E-state index >= 15 is 0 Å². The molecule has 0 aromatic heterocycles. The molecule has 0 aromatic carbocycles. The first-order valence-corrected chi connectivity index (χ1v) is 7.62. The highest BCUT2D eigenvalue weighted by atomic mass is 16.7. The van der Waals surface area contributed by atoms with Crippen LogP contribution in [0.3, 0.4) is 0 Å². The SMILES string of the molecule is CC1CCCC(=O)C1CCC1(C)OCC(C)(C)CO1. The number of carbonyl (C=O) groups is 1. The summed E-state index contributed by atoms with van der Waals surface area (Å²) in [4.78, 5) is 12.0. The number of hydrogen-bond donors (Lipinski definition) is 0. The number of hydrogen-bond acceptors (Lipinski definition) is 3. The molecule has 110 valence electrons. The quantitative estimate of drug-likeness (QED) is 0.785. The summed E-state index contributed by atoms with van der Waals surface area (Å²) in [7, 11) is 0. The van der Waals surface area contributed by atoms with E-state index in [-0.39, 0.29) is 11.3 Å². The second-order valence-electron chi connectivity index (χ2n) is 7.36. The Morgan fingerprint density at radius 1 is 1.21 bits per heavy atom. The average molecular weight is 268 g/mol. The van der Waals surface area contributed by atoms with E-state index in [2.05, 4.69) is 20.8 Å². The van der Waals surface area contributed by atoms with Crippen LogP contribution in [0.2, 0.25) is 0 Å². The van der Waals surface area contributed by atoms with Crippen molar-refractivity contribution >= 4 is 5.78 Å². The summed E-state index contributed by atoms with van der Waals surface area (Å²) in [5.74, 6) is 0.684. The van der Waals surface area contributed by atoms with Crippen LogP contribution in [0.25, 0.3) is 0 Å². The molecule has 2 unspecified atom stereocenters. The van der Waals surface area contributed by atoms with Crippen molar-refractivity contribution in [2.24, 2.45) is 17.3 Å². The van der Waals surface area contributed by atoms with Gasteiger partial charge in [0.1, 0.15) is 5.78 Å². The molecule has 0 spiro atoms. The first-order chi connectivity index (χ1) is 8.81. The molecule has 3 heteroatoms. The van der Waals surface area contributed by atoms with Crippen LogP contribution in [-0.2, 0) is 14.3 Å². The molecule has 1 heterocycles. The highest BCUT2D eigenvalue weighted by molar-refractivity contribution is 5.81. The van der Waals surface area contributed by atoms with Crippen LogP contribution in [0, 0.1) is 17.3 Å². The van der Waals surface area contributed by atoms with Gasteiger partial charge in [-0.15, -0.1) is 0 Å². The number of Topliss-reactive ketones (excluding diaryl/α,β-unsaturated/α-hetero) is 1. The van der Waals surface area contributed by atoms with Crippen LogP contribution in [-0.4, -0.2) is 24.8 Å². The topological polar surface area (TPSA) is 35.5 Å². The molecule has 0 N–H and O–H groups in total. The fraction of sp³-hybridized carbons (Fsp3) is 0.938. The zero-order chi connectivity index (χ0) is 14.1. The Labute approximate surface area is 117 Å². The van der Waals surface area contributed by atoms with Gasteiger partial charge in [-0.3, -0.25) is 4.79 Å². The molecule has 1 saturated heterocycles. The van der Waals surface area contributed by atoms with Gasteiger partial charge in [-0.1, -0.05) is 20.8 Å². The normalized spacial score (nSPS) is 34.2. The zero-order valence-corrected chi connectivity index (χ0v) is 12.8. The Bertz CT molecular complexity index is 325. The highest BCUT2D eigenvalue weighted by Crippen LogP contribution is 2.36.